The standard InChI is InChI=1S/C42H54N19O29P5S/c1-57-13-61(31-14(57)3-46-8-48-31)38-25(65)23(63)16(84-38)5-80-92(71,72)89-94(75,76)90-93(73,74)81-6-18-28(29(78-2)40(86-18)58-10-50-19-30(43)47-9-49-32(19)58)88-95(77,96)82-7-17-27(26(66)39(85-17)60-12-52-21-34(60)54-42(45)56-36(21)68)87-91(69,70)79-4-15-22(62)24(64)37(83-15)59-11-51-20-33(59)53-41(44)55-35(20)67/h3,8-13,15-18,22-29,37-40,62-66H,4-7H2,1-2H3,(H12-,43,44,45,47,49,53,54,55,56,67,68,69,70,71,72,73,74,75,76,77,96)/p+1. The molecule has 48 nitrogen and oxygen atoms in total. The van der Waals surface area contributed by atoms with E-state index in [0.717, 1.165) is 41.6 Å². The molecule has 12 heterocycles. The van der Waals surface area contributed by atoms with Crippen LogP contribution in [0.25, 0.3) is 44.7 Å². The maximum atomic E-state index is 13.9. The minimum atomic E-state index is -6.24. The van der Waals surface area contributed by atoms with Gasteiger partial charge in [0.1, 0.15) is 85.1 Å². The van der Waals surface area contributed by atoms with E-state index in [2.05, 4.69) is 63.4 Å². The average molecular weight is 1480 g/mol. The van der Waals surface area contributed by atoms with Crippen molar-refractivity contribution in [3.05, 3.63) is 64.9 Å². The van der Waals surface area contributed by atoms with Gasteiger partial charge in [0.05, 0.1) is 58.7 Å². The van der Waals surface area contributed by atoms with Crippen LogP contribution >= 0.6 is 38.0 Å². The first-order valence-electron chi connectivity index (χ1n) is 27.3. The first-order valence-corrected chi connectivity index (χ1v) is 35.9. The molecule has 0 radical (unpaired) electrons. The number of nitrogens with one attached hydrogen (secondary N) is 2. The molecule has 0 aliphatic carbocycles. The first kappa shape index (κ1) is 69.7. The highest BCUT2D eigenvalue weighted by Gasteiger charge is 2.55. The Morgan fingerprint density at radius 1 is 0.573 bits per heavy atom. The van der Waals surface area contributed by atoms with Gasteiger partial charge in [0.2, 0.25) is 18.1 Å². The fraction of sp³-hybridized carbons (Fsp3) is 0.524. The van der Waals surface area contributed by atoms with Crippen molar-refractivity contribution in [3.8, 4) is 0 Å². The molecule has 12 rings (SSSR count). The Balaban J connectivity index is 0.741. The zero-order valence-corrected chi connectivity index (χ0v) is 53.8. The number of hydrogen-bond acceptors (Lipinski definition) is 37. The number of nitrogens with two attached hydrogens (primary N) is 3. The molecule has 96 heavy (non-hydrogen) atoms. The number of H-pyrrole nitrogens is 2. The SMILES string of the molecule is COC1C(OP(O)(=S)OCC2OC(n3cnc4c(=O)[nH]c(N)nc43)C(O)C2OP(=O)(O)OCC2OC(n3cnc4c(=O)[nH]c(N)nc43)C(O)C2O)C(COP(=O)(O)OP(=O)(O)OP(=O)(O)OCC2OC([n+]3cn(C)c4cncnc43)C(O)C2O)OC1n1cnc2c(N)ncnc21. The fourth-order valence-electron chi connectivity index (χ4n) is 10.8. The van der Waals surface area contributed by atoms with Crippen molar-refractivity contribution >= 4 is 112 Å². The number of aliphatic hydroxyl groups excluding tert-OH is 5. The number of phosphoric ester groups is 3. The van der Waals surface area contributed by atoms with Crippen molar-refractivity contribution < 1.29 is 132 Å². The number of phosphoric acid groups is 4. The molecule has 54 heteroatoms. The van der Waals surface area contributed by atoms with Crippen molar-refractivity contribution in [2.24, 2.45) is 7.05 Å². The van der Waals surface area contributed by atoms with Crippen LogP contribution in [0, 0.1) is 0 Å². The summed E-state index contributed by atoms with van der Waals surface area (Å²) in [6.07, 6.45) is -19.6. The van der Waals surface area contributed by atoms with Crippen LogP contribution in [0.1, 0.15) is 24.9 Å². The number of aryl methyl sites for hydroxylation is 1. The van der Waals surface area contributed by atoms with Crippen molar-refractivity contribution in [2.45, 2.75) is 98.2 Å². The van der Waals surface area contributed by atoms with Crippen molar-refractivity contribution in [2.75, 3.05) is 50.7 Å². The molecule has 4 aliphatic rings. The van der Waals surface area contributed by atoms with Crippen LogP contribution in [-0.4, -0.2) is 230 Å². The van der Waals surface area contributed by atoms with Gasteiger partial charge in [0.15, 0.2) is 70.6 Å². The van der Waals surface area contributed by atoms with Gasteiger partial charge in [-0.05, 0) is 11.8 Å². The predicted octanol–water partition coefficient (Wildman–Crippen LogP) is -4.99. The number of anilines is 3. The second-order valence-corrected chi connectivity index (χ2v) is 30.1. The van der Waals surface area contributed by atoms with Gasteiger partial charge in [-0.1, -0.05) is 4.98 Å². The van der Waals surface area contributed by atoms with Crippen LogP contribution in [-0.2, 0) is 96.6 Å². The number of methoxy groups -OCH3 is 1. The Morgan fingerprint density at radius 3 is 1.70 bits per heavy atom. The number of aromatic nitrogens is 16. The summed E-state index contributed by atoms with van der Waals surface area (Å²) in [5, 5.41) is 55.5. The van der Waals surface area contributed by atoms with E-state index in [1.807, 2.05) is 0 Å². The minimum absolute atomic E-state index is 0.0151. The number of imidazole rings is 4. The van der Waals surface area contributed by atoms with E-state index in [1.54, 1.807) is 11.6 Å². The van der Waals surface area contributed by atoms with Crippen molar-refractivity contribution in [1.29, 1.82) is 0 Å². The van der Waals surface area contributed by atoms with Gasteiger partial charge < -0.3 is 95.4 Å². The molecule has 21 unspecified atom stereocenters. The zero-order valence-electron chi connectivity index (χ0n) is 48.5. The van der Waals surface area contributed by atoms with Crippen LogP contribution in [0.3, 0.4) is 0 Å². The van der Waals surface area contributed by atoms with Crippen LogP contribution in [0.15, 0.2) is 53.7 Å². The molecular formula is C42H55N19O29P5S+. The first-order chi connectivity index (χ1) is 45.2. The van der Waals surface area contributed by atoms with Gasteiger partial charge in [-0.25, -0.2) is 52.7 Å². The Kier molecular flexibility index (Phi) is 19.3. The summed E-state index contributed by atoms with van der Waals surface area (Å²) < 4.78 is 130. The van der Waals surface area contributed by atoms with E-state index in [9.17, 15) is 77.8 Å². The van der Waals surface area contributed by atoms with Crippen LogP contribution in [0.5, 0.6) is 0 Å². The molecule has 0 bridgehead atoms. The van der Waals surface area contributed by atoms with E-state index in [1.165, 1.54) is 28.0 Å². The van der Waals surface area contributed by atoms with Crippen molar-refractivity contribution in [1.82, 2.24) is 73.1 Å². The van der Waals surface area contributed by atoms with Crippen molar-refractivity contribution in [3.63, 3.8) is 0 Å². The molecule has 4 fully saturated rings. The summed E-state index contributed by atoms with van der Waals surface area (Å²) in [5.41, 5.74) is 15.6. The van der Waals surface area contributed by atoms with Gasteiger partial charge in [-0.15, -0.1) is 0 Å². The number of nitrogens with zero attached hydrogens (tertiary/aromatic N) is 14. The average Bonchev–Trinajstić information content (AvgIpc) is 1.63. The Morgan fingerprint density at radius 2 is 1.08 bits per heavy atom. The number of aliphatic hydroxyl groups is 5. The molecule has 0 saturated carbocycles. The Hall–Kier alpha value is -6.15. The molecule has 522 valence electrons. The monoisotopic (exact) mass is 1480 g/mol. The summed E-state index contributed by atoms with van der Waals surface area (Å²) in [6, 6.07) is 0. The molecule has 21 atom stereocenters. The van der Waals surface area contributed by atoms with Crippen LogP contribution < -0.4 is 32.9 Å². The molecule has 0 amide bonds. The lowest BCUT2D eigenvalue weighted by atomic mass is 10.1. The highest BCUT2D eigenvalue weighted by Crippen LogP contribution is 2.68. The number of fused-ring (bicyclic) bond motifs is 4. The third-order valence-corrected chi connectivity index (χ3v) is 21.8. The smallest absolute Gasteiger partial charge is 0.387 e. The lowest BCUT2D eigenvalue weighted by Gasteiger charge is -2.28. The highest BCUT2D eigenvalue weighted by atomic mass is 32.5. The minimum Gasteiger partial charge on any atom is -0.387 e. The Labute approximate surface area is 536 Å². The Bertz CT molecular complexity index is 4640. The van der Waals surface area contributed by atoms with Gasteiger partial charge in [-0.3, -0.25) is 60.4 Å². The maximum absolute atomic E-state index is 13.9. The van der Waals surface area contributed by atoms with E-state index in [4.69, 9.17) is 79.8 Å². The van der Waals surface area contributed by atoms with Crippen LogP contribution in [0.4, 0.5) is 17.7 Å². The highest BCUT2D eigenvalue weighted by molar-refractivity contribution is 8.07. The second kappa shape index (κ2) is 26.5. The van der Waals surface area contributed by atoms with Gasteiger partial charge in [0.25, 0.3) is 11.1 Å². The number of ether oxygens (including phenoxy) is 5. The second-order valence-electron chi connectivity index (χ2n) is 21.2. The largest absolute Gasteiger partial charge is 0.490 e. The van der Waals surface area contributed by atoms with Gasteiger partial charge in [-0.2, -0.15) is 18.6 Å². The van der Waals surface area contributed by atoms with E-state index < -0.39 is 180 Å². The van der Waals surface area contributed by atoms with Gasteiger partial charge >= 0.3 is 43.7 Å². The summed E-state index contributed by atoms with van der Waals surface area (Å²) in [4.78, 5) is 121. The predicted molar refractivity (Wildman–Crippen MR) is 312 cm³/mol. The summed E-state index contributed by atoms with van der Waals surface area (Å²) in [5.74, 6) is -0.874. The quantitative estimate of drug-likeness (QED) is 0.0188. The van der Waals surface area contributed by atoms with Crippen LogP contribution in [0.2, 0.25) is 0 Å². The van der Waals surface area contributed by atoms with E-state index in [-0.39, 0.29) is 50.9 Å². The molecule has 4 aliphatic heterocycles. The molecular weight excluding hydrogens is 1420 g/mol. The fourth-order valence-corrected chi connectivity index (χ4v) is 16.7. The zero-order chi connectivity index (χ0) is 68.9. The summed E-state index contributed by atoms with van der Waals surface area (Å²) in [7, 11) is -21.0. The third-order valence-electron chi connectivity index (χ3n) is 15.1. The van der Waals surface area contributed by atoms with Gasteiger partial charge in [0, 0.05) is 7.11 Å². The molecule has 0 aromatic carbocycles. The lowest BCUT2D eigenvalue weighted by Crippen LogP contribution is -2.45. The lowest BCUT2D eigenvalue weighted by molar-refractivity contribution is -0.745. The normalized spacial score (nSPS) is 31.1. The molecule has 8 aromatic heterocycles. The number of aromatic amines is 2. The number of rotatable bonds is 25. The molecule has 18 N–H and O–H groups in total. The summed E-state index contributed by atoms with van der Waals surface area (Å²) >= 11 is 5.42. The molecule has 8 aromatic rings. The topological polar surface area (TPSA) is 674 Å². The summed E-state index contributed by atoms with van der Waals surface area (Å²) in [6.45, 7) is -9.44. The number of nitrogen functional groups attached to an aromatic ring is 3. The molecule has 0 spiro atoms. The number of hydrogen-bond donors (Lipinski definition) is 15. The third kappa shape index (κ3) is 14.0. The van der Waals surface area contributed by atoms with E-state index >= 15 is 0 Å². The van der Waals surface area contributed by atoms with E-state index in [0.29, 0.717) is 5.52 Å². The maximum Gasteiger partial charge on any atom is 0.490 e. The molecule has 4 saturated heterocycles.